The molecular formula is C18H22N2O2S. The summed E-state index contributed by atoms with van der Waals surface area (Å²) in [7, 11) is 0. The van der Waals surface area contributed by atoms with Crippen molar-refractivity contribution in [2.24, 2.45) is 0 Å². The summed E-state index contributed by atoms with van der Waals surface area (Å²) in [5.41, 5.74) is 3.15. The van der Waals surface area contributed by atoms with Gasteiger partial charge in [0.25, 0.3) is 5.91 Å². The molecule has 0 atom stereocenters. The van der Waals surface area contributed by atoms with Crippen LogP contribution >= 0.6 is 11.3 Å². The molecule has 23 heavy (non-hydrogen) atoms. The van der Waals surface area contributed by atoms with Crippen molar-refractivity contribution in [2.45, 2.75) is 39.2 Å². The molecule has 0 aliphatic carbocycles. The van der Waals surface area contributed by atoms with E-state index in [0.29, 0.717) is 25.9 Å². The number of aliphatic hydroxyl groups is 1. The molecule has 3 rings (SSSR count). The van der Waals surface area contributed by atoms with E-state index in [0.717, 1.165) is 27.6 Å². The number of hydrogen-bond donors (Lipinski definition) is 1. The summed E-state index contributed by atoms with van der Waals surface area (Å²) in [6, 6.07) is 8.37. The highest BCUT2D eigenvalue weighted by atomic mass is 32.1. The molecule has 0 unspecified atom stereocenters. The Kier molecular flexibility index (Phi) is 4.78. The van der Waals surface area contributed by atoms with E-state index in [4.69, 9.17) is 0 Å². The zero-order chi connectivity index (χ0) is 16.4. The van der Waals surface area contributed by atoms with E-state index >= 15 is 0 Å². The Morgan fingerprint density at radius 1 is 1.30 bits per heavy atom. The van der Waals surface area contributed by atoms with E-state index in [1.54, 1.807) is 0 Å². The van der Waals surface area contributed by atoms with Crippen LogP contribution in [0.15, 0.2) is 24.3 Å². The molecule has 122 valence electrons. The van der Waals surface area contributed by atoms with Gasteiger partial charge >= 0.3 is 0 Å². The zero-order valence-corrected chi connectivity index (χ0v) is 14.4. The first-order valence-electron chi connectivity index (χ1n) is 8.12. The van der Waals surface area contributed by atoms with E-state index in [9.17, 15) is 9.90 Å². The van der Waals surface area contributed by atoms with Crippen LogP contribution in [0.1, 0.15) is 40.7 Å². The maximum Gasteiger partial charge on any atom is 0.265 e. The van der Waals surface area contributed by atoms with Gasteiger partial charge < -0.3 is 10.0 Å². The van der Waals surface area contributed by atoms with Gasteiger partial charge in [-0.25, -0.2) is 4.98 Å². The molecule has 0 bridgehead atoms. The fourth-order valence-corrected chi connectivity index (χ4v) is 3.85. The monoisotopic (exact) mass is 330 g/mol. The minimum atomic E-state index is -0.269. The van der Waals surface area contributed by atoms with Crippen LogP contribution in [-0.4, -0.2) is 40.1 Å². The number of piperidine rings is 1. The Morgan fingerprint density at radius 2 is 1.96 bits per heavy atom. The average Bonchev–Trinajstić information content (AvgIpc) is 2.97. The van der Waals surface area contributed by atoms with Crippen molar-refractivity contribution in [3.8, 4) is 10.6 Å². The SMILES string of the molecule is CCc1ccc(-c2nc(C)c(C(=O)N3CCC(O)CC3)s2)cc1. The average molecular weight is 330 g/mol. The van der Waals surface area contributed by atoms with E-state index in [-0.39, 0.29) is 12.0 Å². The highest BCUT2D eigenvalue weighted by Crippen LogP contribution is 2.29. The number of rotatable bonds is 3. The van der Waals surface area contributed by atoms with E-state index in [1.807, 2.05) is 11.8 Å². The fraction of sp³-hybridized carbons (Fsp3) is 0.444. The molecule has 1 fully saturated rings. The van der Waals surface area contributed by atoms with Gasteiger partial charge in [-0.05, 0) is 31.7 Å². The number of carbonyl (C=O) groups excluding carboxylic acids is 1. The number of likely N-dealkylation sites (tertiary alicyclic amines) is 1. The molecule has 1 saturated heterocycles. The molecule has 2 heterocycles. The second kappa shape index (κ2) is 6.81. The molecule has 1 aliphatic heterocycles. The van der Waals surface area contributed by atoms with Crippen LogP contribution in [0.4, 0.5) is 0 Å². The molecule has 1 aromatic carbocycles. The third kappa shape index (κ3) is 3.46. The Balaban J connectivity index is 1.81. The summed E-state index contributed by atoms with van der Waals surface area (Å²) in [5.74, 6) is 0.0447. The summed E-state index contributed by atoms with van der Waals surface area (Å²) in [6.45, 7) is 5.27. The molecule has 5 heteroatoms. The van der Waals surface area contributed by atoms with Crippen molar-refractivity contribution in [1.82, 2.24) is 9.88 Å². The molecule has 0 spiro atoms. The summed E-state index contributed by atoms with van der Waals surface area (Å²) >= 11 is 1.46. The van der Waals surface area contributed by atoms with Crippen LogP contribution in [0.25, 0.3) is 10.6 Å². The Hall–Kier alpha value is -1.72. The maximum absolute atomic E-state index is 12.7. The predicted molar refractivity (Wildman–Crippen MR) is 92.8 cm³/mol. The van der Waals surface area contributed by atoms with Crippen LogP contribution in [0.5, 0.6) is 0 Å². The lowest BCUT2D eigenvalue weighted by atomic mass is 10.1. The van der Waals surface area contributed by atoms with E-state index in [1.165, 1.54) is 16.9 Å². The van der Waals surface area contributed by atoms with Gasteiger partial charge in [0, 0.05) is 18.7 Å². The number of amides is 1. The summed E-state index contributed by atoms with van der Waals surface area (Å²) < 4.78 is 0. The molecule has 1 N–H and O–H groups in total. The molecule has 2 aromatic rings. The van der Waals surface area contributed by atoms with Gasteiger partial charge in [-0.2, -0.15) is 0 Å². The van der Waals surface area contributed by atoms with Crippen molar-refractivity contribution in [2.75, 3.05) is 13.1 Å². The number of hydrogen-bond acceptors (Lipinski definition) is 4. The van der Waals surface area contributed by atoms with Crippen LogP contribution in [-0.2, 0) is 6.42 Å². The molecule has 1 amide bonds. The van der Waals surface area contributed by atoms with Gasteiger partial charge in [-0.1, -0.05) is 31.2 Å². The van der Waals surface area contributed by atoms with Gasteiger partial charge in [0.15, 0.2) is 0 Å². The molecule has 0 radical (unpaired) electrons. The van der Waals surface area contributed by atoms with Gasteiger partial charge in [0.2, 0.25) is 0 Å². The van der Waals surface area contributed by atoms with Crippen molar-refractivity contribution in [3.63, 3.8) is 0 Å². The lowest BCUT2D eigenvalue weighted by Crippen LogP contribution is -2.39. The zero-order valence-electron chi connectivity index (χ0n) is 13.6. The number of aliphatic hydroxyl groups excluding tert-OH is 1. The summed E-state index contributed by atoms with van der Waals surface area (Å²) in [6.07, 6.45) is 2.07. The number of benzene rings is 1. The van der Waals surface area contributed by atoms with Crippen molar-refractivity contribution in [3.05, 3.63) is 40.4 Å². The summed E-state index contributed by atoms with van der Waals surface area (Å²) in [5, 5.41) is 10.5. The molecular weight excluding hydrogens is 308 g/mol. The Morgan fingerprint density at radius 3 is 2.57 bits per heavy atom. The first-order valence-corrected chi connectivity index (χ1v) is 8.94. The second-order valence-electron chi connectivity index (χ2n) is 6.01. The smallest absolute Gasteiger partial charge is 0.265 e. The van der Waals surface area contributed by atoms with Crippen LogP contribution < -0.4 is 0 Å². The molecule has 1 aromatic heterocycles. The normalized spacial score (nSPS) is 15.9. The lowest BCUT2D eigenvalue weighted by Gasteiger charge is -2.29. The van der Waals surface area contributed by atoms with Gasteiger partial charge in [-0.3, -0.25) is 4.79 Å². The number of nitrogens with zero attached hydrogens (tertiary/aromatic N) is 2. The number of aromatic nitrogens is 1. The van der Waals surface area contributed by atoms with E-state index < -0.39 is 0 Å². The number of thiazole rings is 1. The minimum Gasteiger partial charge on any atom is -0.393 e. The minimum absolute atomic E-state index is 0.0447. The van der Waals surface area contributed by atoms with Gasteiger partial charge in [0.05, 0.1) is 11.8 Å². The predicted octanol–water partition coefficient (Wildman–Crippen LogP) is 3.28. The maximum atomic E-state index is 12.7. The highest BCUT2D eigenvalue weighted by Gasteiger charge is 2.25. The third-order valence-corrected chi connectivity index (χ3v) is 5.55. The molecule has 4 nitrogen and oxygen atoms in total. The Labute approximate surface area is 140 Å². The van der Waals surface area contributed by atoms with Crippen LogP contribution in [0.3, 0.4) is 0 Å². The van der Waals surface area contributed by atoms with Gasteiger partial charge in [-0.15, -0.1) is 11.3 Å². The van der Waals surface area contributed by atoms with Crippen LogP contribution in [0, 0.1) is 6.92 Å². The highest BCUT2D eigenvalue weighted by molar-refractivity contribution is 7.17. The van der Waals surface area contributed by atoms with Gasteiger partial charge in [0.1, 0.15) is 9.88 Å². The molecule has 1 aliphatic rings. The van der Waals surface area contributed by atoms with Crippen molar-refractivity contribution in [1.29, 1.82) is 0 Å². The molecule has 0 saturated carbocycles. The van der Waals surface area contributed by atoms with E-state index in [2.05, 4.69) is 36.2 Å². The quantitative estimate of drug-likeness (QED) is 0.939. The lowest BCUT2D eigenvalue weighted by molar-refractivity contribution is 0.0550. The number of aryl methyl sites for hydroxylation is 2. The first-order chi connectivity index (χ1) is 11.1. The van der Waals surface area contributed by atoms with Crippen molar-refractivity contribution >= 4 is 17.2 Å². The Bertz CT molecular complexity index is 686. The first kappa shape index (κ1) is 16.1. The largest absolute Gasteiger partial charge is 0.393 e. The summed E-state index contributed by atoms with van der Waals surface area (Å²) in [4.78, 5) is 19.8. The van der Waals surface area contributed by atoms with Crippen molar-refractivity contribution < 1.29 is 9.90 Å². The standard InChI is InChI=1S/C18H22N2O2S/c1-3-13-4-6-14(7-5-13)17-19-12(2)16(23-17)18(22)20-10-8-15(21)9-11-20/h4-7,15,21H,3,8-11H2,1-2H3. The third-order valence-electron chi connectivity index (χ3n) is 4.35. The fourth-order valence-electron chi connectivity index (χ4n) is 2.81. The second-order valence-corrected chi connectivity index (χ2v) is 7.01. The van der Waals surface area contributed by atoms with Crippen LogP contribution in [0.2, 0.25) is 0 Å². The topological polar surface area (TPSA) is 53.4 Å². The number of carbonyl (C=O) groups is 1.